The highest BCUT2D eigenvalue weighted by atomic mass is 15.2. The second-order valence-corrected chi connectivity index (χ2v) is 17.9. The number of nitrogens with zero attached hydrogens (tertiary/aromatic N) is 2. The molecule has 0 radical (unpaired) electrons. The van der Waals surface area contributed by atoms with Gasteiger partial charge in [0, 0.05) is 34.1 Å². The van der Waals surface area contributed by atoms with Gasteiger partial charge in [-0.1, -0.05) is 182 Å². The lowest BCUT2D eigenvalue weighted by Crippen LogP contribution is -2.26. The molecular weight excluding hydrogens is 809 g/mol. The molecule has 8 aromatic rings. The van der Waals surface area contributed by atoms with Crippen LogP contribution in [0, 0.1) is 0 Å². The number of hydrogen-bond acceptors (Lipinski definition) is 2. The molecule has 0 aromatic heterocycles. The molecule has 12 rings (SSSR count). The van der Waals surface area contributed by atoms with E-state index >= 15 is 0 Å². The van der Waals surface area contributed by atoms with E-state index in [0.29, 0.717) is 0 Å². The van der Waals surface area contributed by atoms with Gasteiger partial charge in [-0.2, -0.15) is 0 Å². The Balaban J connectivity index is 0.882. The molecule has 2 nitrogen and oxygen atoms in total. The van der Waals surface area contributed by atoms with Gasteiger partial charge in [0.05, 0.1) is 5.41 Å². The van der Waals surface area contributed by atoms with Crippen molar-refractivity contribution in [3.8, 4) is 22.3 Å². The molecule has 0 heterocycles. The Hall–Kier alpha value is -8.20. The summed E-state index contributed by atoms with van der Waals surface area (Å²) in [5.41, 5.74) is 21.9. The number of benzene rings is 8. The van der Waals surface area contributed by atoms with Gasteiger partial charge in [0.15, 0.2) is 0 Å². The molecule has 0 saturated carbocycles. The number of anilines is 4. The average Bonchev–Trinajstić information content (AvgIpc) is 3.86. The average molecular weight is 859 g/mol. The first-order chi connectivity index (χ1) is 33.2. The Bertz CT molecular complexity index is 3100. The minimum Gasteiger partial charge on any atom is -0.311 e. The van der Waals surface area contributed by atoms with Crippen LogP contribution in [-0.2, 0) is 5.41 Å². The van der Waals surface area contributed by atoms with Crippen molar-refractivity contribution in [1.29, 1.82) is 0 Å². The third kappa shape index (κ3) is 7.23. The quantitative estimate of drug-likeness (QED) is 0.126. The maximum atomic E-state index is 2.45. The highest BCUT2D eigenvalue weighted by Crippen LogP contribution is 2.63. The summed E-state index contributed by atoms with van der Waals surface area (Å²) < 4.78 is 0. The van der Waals surface area contributed by atoms with E-state index in [4.69, 9.17) is 0 Å². The Labute approximate surface area is 394 Å². The Morgan fingerprint density at radius 1 is 0.313 bits per heavy atom. The molecule has 1 spiro atoms. The van der Waals surface area contributed by atoms with Crippen molar-refractivity contribution in [2.45, 2.75) is 31.1 Å². The third-order valence-corrected chi connectivity index (χ3v) is 13.9. The smallest absolute Gasteiger partial charge is 0.0725 e. The summed E-state index contributed by atoms with van der Waals surface area (Å²) in [6.07, 6.45) is 27.1. The van der Waals surface area contributed by atoms with Crippen LogP contribution in [0.25, 0.3) is 46.6 Å². The third-order valence-electron chi connectivity index (χ3n) is 13.9. The first-order valence-electron chi connectivity index (χ1n) is 23.7. The molecule has 320 valence electrons. The van der Waals surface area contributed by atoms with E-state index in [0.717, 1.165) is 48.4 Å². The van der Waals surface area contributed by atoms with E-state index in [1.807, 2.05) is 0 Å². The van der Waals surface area contributed by atoms with Crippen molar-refractivity contribution in [3.05, 3.63) is 286 Å². The molecule has 0 saturated heterocycles. The van der Waals surface area contributed by atoms with Gasteiger partial charge >= 0.3 is 0 Å². The van der Waals surface area contributed by atoms with Crippen molar-refractivity contribution < 1.29 is 0 Å². The van der Waals surface area contributed by atoms with Crippen molar-refractivity contribution in [2.75, 3.05) is 9.80 Å². The van der Waals surface area contributed by atoms with Gasteiger partial charge in [-0.05, 0) is 165 Å². The molecular formula is C65H50N2. The van der Waals surface area contributed by atoms with E-state index in [1.165, 1.54) is 78.2 Å². The summed E-state index contributed by atoms with van der Waals surface area (Å²) in [5.74, 6) is 0. The van der Waals surface area contributed by atoms with Gasteiger partial charge in [0.2, 0.25) is 0 Å². The predicted octanol–water partition coefficient (Wildman–Crippen LogP) is 17.1. The fraction of sp³-hybridized carbons (Fsp3) is 0.0769. The summed E-state index contributed by atoms with van der Waals surface area (Å²) in [4.78, 5) is 4.70. The lowest BCUT2D eigenvalue weighted by atomic mass is 9.70. The standard InChI is InChI=1S/C65H50N2/c1-5-17-51(18-6-1)66(52-19-7-2-8-20-52)55-39-33-47(34-40-55)29-31-49-37-43-59-57-25-13-15-27-61(57)65(63(59)45-49)62-28-16-14-26-58(62)60-44-38-50(46-64(60)65)32-30-48-35-41-56(42-36-48)67(53-21-9-3-10-22-53)54-23-11-4-12-24-54/h1,3,5-7,9-11,13-46H,2,4,8,12H2/b31-29+,32-30+. The highest BCUT2D eigenvalue weighted by molar-refractivity contribution is 5.96. The predicted molar refractivity (Wildman–Crippen MR) is 284 cm³/mol. The highest BCUT2D eigenvalue weighted by Gasteiger charge is 2.51. The number of rotatable bonds is 10. The van der Waals surface area contributed by atoms with Gasteiger partial charge in [0.1, 0.15) is 0 Å². The monoisotopic (exact) mass is 858 g/mol. The number of allylic oxidation sites excluding steroid dienone is 6. The van der Waals surface area contributed by atoms with Gasteiger partial charge in [-0.3, -0.25) is 0 Å². The van der Waals surface area contributed by atoms with Crippen molar-refractivity contribution in [2.24, 2.45) is 0 Å². The molecule has 0 bridgehead atoms. The Morgan fingerprint density at radius 3 is 1.09 bits per heavy atom. The minimum atomic E-state index is -0.443. The molecule has 0 aliphatic heterocycles. The van der Waals surface area contributed by atoms with Crippen LogP contribution < -0.4 is 9.80 Å². The molecule has 0 unspecified atom stereocenters. The summed E-state index contributed by atoms with van der Waals surface area (Å²) in [6.45, 7) is 0. The fourth-order valence-corrected chi connectivity index (χ4v) is 10.8. The van der Waals surface area contributed by atoms with Crippen LogP contribution in [0.1, 0.15) is 70.2 Å². The first-order valence-corrected chi connectivity index (χ1v) is 23.7. The molecule has 0 fully saturated rings. The second kappa shape index (κ2) is 17.3. The van der Waals surface area contributed by atoms with Gasteiger partial charge < -0.3 is 9.80 Å². The van der Waals surface area contributed by atoms with Crippen molar-refractivity contribution in [3.63, 3.8) is 0 Å². The number of para-hydroxylation sites is 2. The molecule has 0 amide bonds. The lowest BCUT2D eigenvalue weighted by Gasteiger charge is -2.30. The normalized spacial score (nSPS) is 15.0. The van der Waals surface area contributed by atoms with Gasteiger partial charge in [-0.15, -0.1) is 0 Å². The SMILES string of the molecule is C1=CC(N(c2ccccc2)c2ccc(/C=C/c3ccc4c(c3)C3(c5ccccc5-4)c4ccccc4-c4ccc(/C=C/c5ccc(N(C6=CCCC=C6)c6ccccc6)cc5)cc43)cc2)=CCC1. The summed E-state index contributed by atoms with van der Waals surface area (Å²) >= 11 is 0. The molecule has 0 N–H and O–H groups in total. The van der Waals surface area contributed by atoms with Crippen LogP contribution in [0.3, 0.4) is 0 Å². The molecule has 2 heteroatoms. The van der Waals surface area contributed by atoms with E-state index in [-0.39, 0.29) is 0 Å². The zero-order chi connectivity index (χ0) is 44.6. The second-order valence-electron chi connectivity index (χ2n) is 17.9. The summed E-state index contributed by atoms with van der Waals surface area (Å²) in [7, 11) is 0. The van der Waals surface area contributed by atoms with Crippen molar-refractivity contribution >= 4 is 47.1 Å². The van der Waals surface area contributed by atoms with E-state index in [2.05, 4.69) is 265 Å². The topological polar surface area (TPSA) is 6.48 Å². The molecule has 67 heavy (non-hydrogen) atoms. The lowest BCUT2D eigenvalue weighted by molar-refractivity contribution is 0.793. The minimum absolute atomic E-state index is 0.443. The van der Waals surface area contributed by atoms with Crippen LogP contribution >= 0.6 is 0 Å². The van der Waals surface area contributed by atoms with Gasteiger partial charge in [0.25, 0.3) is 0 Å². The van der Waals surface area contributed by atoms with E-state index in [1.54, 1.807) is 0 Å². The molecule has 4 aliphatic rings. The van der Waals surface area contributed by atoms with E-state index in [9.17, 15) is 0 Å². The summed E-state index contributed by atoms with van der Waals surface area (Å²) in [5, 5.41) is 0. The summed E-state index contributed by atoms with van der Waals surface area (Å²) in [6, 6.07) is 71.6. The maximum Gasteiger partial charge on any atom is 0.0725 e. The zero-order valence-electron chi connectivity index (χ0n) is 37.5. The number of hydrogen-bond donors (Lipinski definition) is 0. The maximum absolute atomic E-state index is 2.45. The van der Waals surface area contributed by atoms with Crippen LogP contribution in [0.5, 0.6) is 0 Å². The Morgan fingerprint density at radius 2 is 0.672 bits per heavy atom. The Kier molecular flexibility index (Phi) is 10.4. The zero-order valence-corrected chi connectivity index (χ0v) is 37.5. The fourth-order valence-electron chi connectivity index (χ4n) is 10.8. The van der Waals surface area contributed by atoms with Crippen LogP contribution in [0.2, 0.25) is 0 Å². The van der Waals surface area contributed by atoms with Crippen LogP contribution in [0.15, 0.2) is 242 Å². The van der Waals surface area contributed by atoms with E-state index < -0.39 is 5.41 Å². The van der Waals surface area contributed by atoms with Crippen LogP contribution in [-0.4, -0.2) is 0 Å². The number of fused-ring (bicyclic) bond motifs is 10. The molecule has 0 atom stereocenters. The first kappa shape index (κ1) is 40.3. The largest absolute Gasteiger partial charge is 0.311 e. The molecule has 4 aliphatic carbocycles. The van der Waals surface area contributed by atoms with Gasteiger partial charge in [-0.25, -0.2) is 0 Å². The van der Waals surface area contributed by atoms with Crippen LogP contribution in [0.4, 0.5) is 22.7 Å². The molecule has 8 aromatic carbocycles. The van der Waals surface area contributed by atoms with Crippen molar-refractivity contribution in [1.82, 2.24) is 0 Å².